The average Bonchev–Trinajstić information content (AvgIpc) is 3.26. The Morgan fingerprint density at radius 2 is 1.89 bits per heavy atom. The summed E-state index contributed by atoms with van der Waals surface area (Å²) in [5.74, 6) is 0.253. The Morgan fingerprint density at radius 3 is 2.64 bits per heavy atom. The van der Waals surface area contributed by atoms with Gasteiger partial charge >= 0.3 is 0 Å². The number of nitrogens with zero attached hydrogens (tertiary/aromatic N) is 3. The maximum atomic E-state index is 14.2. The summed E-state index contributed by atoms with van der Waals surface area (Å²) in [5.41, 5.74) is 2.62. The largest absolute Gasteiger partial charge is 0.361 e. The van der Waals surface area contributed by atoms with Crippen LogP contribution in [0.5, 0.6) is 0 Å². The van der Waals surface area contributed by atoms with Crippen LogP contribution in [0.2, 0.25) is 0 Å². The number of aryl methyl sites for hydroxylation is 1. The third-order valence-electron chi connectivity index (χ3n) is 4.74. The SMILES string of the molecule is Cc1cc(CN(C)C(=O)c2cc3ccccc3n2Cc2ccccc2F)no1. The molecule has 4 rings (SSSR count). The van der Waals surface area contributed by atoms with Crippen LogP contribution in [0.3, 0.4) is 0 Å². The van der Waals surface area contributed by atoms with Crippen LogP contribution in [0, 0.1) is 12.7 Å². The minimum atomic E-state index is -0.287. The maximum Gasteiger partial charge on any atom is 0.270 e. The molecule has 2 heterocycles. The van der Waals surface area contributed by atoms with E-state index in [9.17, 15) is 9.18 Å². The van der Waals surface area contributed by atoms with Crippen molar-refractivity contribution in [1.82, 2.24) is 14.6 Å². The van der Waals surface area contributed by atoms with E-state index in [0.717, 1.165) is 10.9 Å². The van der Waals surface area contributed by atoms with Crippen molar-refractivity contribution in [3.63, 3.8) is 0 Å². The first-order valence-electron chi connectivity index (χ1n) is 9.02. The van der Waals surface area contributed by atoms with Crippen LogP contribution in [0.1, 0.15) is 27.5 Å². The van der Waals surface area contributed by atoms with Gasteiger partial charge in [0.25, 0.3) is 5.91 Å². The Labute approximate surface area is 162 Å². The van der Waals surface area contributed by atoms with E-state index >= 15 is 0 Å². The molecule has 0 aliphatic carbocycles. The number of rotatable bonds is 5. The first-order valence-corrected chi connectivity index (χ1v) is 9.02. The van der Waals surface area contributed by atoms with Gasteiger partial charge < -0.3 is 14.0 Å². The van der Waals surface area contributed by atoms with Gasteiger partial charge in [-0.25, -0.2) is 4.39 Å². The predicted molar refractivity (Wildman–Crippen MR) is 104 cm³/mol. The van der Waals surface area contributed by atoms with Crippen LogP contribution >= 0.6 is 0 Å². The molecule has 0 bridgehead atoms. The molecule has 0 saturated carbocycles. The van der Waals surface area contributed by atoms with Crippen molar-refractivity contribution in [3.8, 4) is 0 Å². The number of halogens is 1. The molecule has 6 heteroatoms. The third kappa shape index (κ3) is 3.41. The number of fused-ring (bicyclic) bond motifs is 1. The molecule has 142 valence electrons. The second-order valence-electron chi connectivity index (χ2n) is 6.86. The molecule has 0 saturated heterocycles. The summed E-state index contributed by atoms with van der Waals surface area (Å²) in [5, 5.41) is 4.89. The first kappa shape index (κ1) is 18.0. The molecular formula is C22H20FN3O2. The van der Waals surface area contributed by atoms with Crippen molar-refractivity contribution in [3.05, 3.63) is 89.2 Å². The van der Waals surface area contributed by atoms with Gasteiger partial charge in [-0.15, -0.1) is 0 Å². The molecule has 0 N–H and O–H groups in total. The molecular weight excluding hydrogens is 357 g/mol. The number of carbonyl (C=O) groups excluding carboxylic acids is 1. The lowest BCUT2D eigenvalue weighted by atomic mass is 10.2. The summed E-state index contributed by atoms with van der Waals surface area (Å²) in [7, 11) is 1.72. The number of amides is 1. The van der Waals surface area contributed by atoms with Gasteiger partial charge in [0.1, 0.15) is 23.0 Å². The lowest BCUT2D eigenvalue weighted by Gasteiger charge is -2.18. The fourth-order valence-corrected chi connectivity index (χ4v) is 3.36. The number of hydrogen-bond acceptors (Lipinski definition) is 3. The van der Waals surface area contributed by atoms with E-state index in [-0.39, 0.29) is 18.3 Å². The highest BCUT2D eigenvalue weighted by Crippen LogP contribution is 2.23. The summed E-state index contributed by atoms with van der Waals surface area (Å²) in [4.78, 5) is 14.8. The standard InChI is InChI=1S/C22H20FN3O2/c1-15-11-18(24-28-15)14-25(2)22(27)21-12-16-7-4-6-10-20(16)26(21)13-17-8-3-5-9-19(17)23/h3-12H,13-14H2,1-2H3. The zero-order valence-electron chi connectivity index (χ0n) is 15.7. The van der Waals surface area contributed by atoms with Crippen molar-refractivity contribution in [2.45, 2.75) is 20.0 Å². The number of benzene rings is 2. The van der Waals surface area contributed by atoms with Crippen molar-refractivity contribution >= 4 is 16.8 Å². The van der Waals surface area contributed by atoms with Gasteiger partial charge in [0.05, 0.1) is 13.1 Å². The Hall–Kier alpha value is -3.41. The van der Waals surface area contributed by atoms with Gasteiger partial charge in [0.15, 0.2) is 0 Å². The van der Waals surface area contributed by atoms with Crippen LogP contribution in [0.15, 0.2) is 65.2 Å². The first-order chi connectivity index (χ1) is 13.5. The van der Waals surface area contributed by atoms with Crippen LogP contribution in [0.25, 0.3) is 10.9 Å². The number of carbonyl (C=O) groups is 1. The van der Waals surface area contributed by atoms with E-state index in [1.54, 1.807) is 36.2 Å². The summed E-state index contributed by atoms with van der Waals surface area (Å²) in [6.07, 6.45) is 0. The second-order valence-corrected chi connectivity index (χ2v) is 6.86. The van der Waals surface area contributed by atoms with Gasteiger partial charge in [0.2, 0.25) is 0 Å². The quantitative estimate of drug-likeness (QED) is 0.518. The Kier molecular flexibility index (Phi) is 4.69. The van der Waals surface area contributed by atoms with E-state index < -0.39 is 0 Å². The van der Waals surface area contributed by atoms with Crippen molar-refractivity contribution in [2.75, 3.05) is 7.05 Å². The normalized spacial score (nSPS) is 11.1. The second kappa shape index (κ2) is 7.31. The molecule has 0 radical (unpaired) electrons. The van der Waals surface area contributed by atoms with Gasteiger partial charge in [-0.3, -0.25) is 4.79 Å². The van der Waals surface area contributed by atoms with Crippen LogP contribution in [0.4, 0.5) is 4.39 Å². The molecule has 0 unspecified atom stereocenters. The van der Waals surface area contributed by atoms with Crippen molar-refractivity contribution in [2.24, 2.45) is 0 Å². The molecule has 0 atom stereocenters. The summed E-state index contributed by atoms with van der Waals surface area (Å²) in [6.45, 7) is 2.42. The fourth-order valence-electron chi connectivity index (χ4n) is 3.36. The molecule has 2 aromatic heterocycles. The average molecular weight is 377 g/mol. The third-order valence-corrected chi connectivity index (χ3v) is 4.74. The van der Waals surface area contributed by atoms with Crippen molar-refractivity contribution < 1.29 is 13.7 Å². The molecule has 0 fully saturated rings. The van der Waals surface area contributed by atoms with Crippen LogP contribution in [-0.4, -0.2) is 27.6 Å². The molecule has 0 aliphatic rings. The van der Waals surface area contributed by atoms with Gasteiger partial charge in [-0.1, -0.05) is 41.6 Å². The van der Waals surface area contributed by atoms with Gasteiger partial charge in [0, 0.05) is 29.6 Å². The molecule has 4 aromatic rings. The topological polar surface area (TPSA) is 51.3 Å². The van der Waals surface area contributed by atoms with Gasteiger partial charge in [-0.05, 0) is 25.1 Å². The summed E-state index contributed by atoms with van der Waals surface area (Å²) in [6, 6.07) is 18.0. The van der Waals surface area contributed by atoms with E-state index in [4.69, 9.17) is 4.52 Å². The number of aromatic nitrogens is 2. The molecule has 5 nitrogen and oxygen atoms in total. The Morgan fingerprint density at radius 1 is 1.14 bits per heavy atom. The Bertz CT molecular complexity index is 1150. The Balaban J connectivity index is 1.71. The maximum absolute atomic E-state index is 14.2. The minimum absolute atomic E-state index is 0.159. The van der Waals surface area contributed by atoms with E-state index in [1.165, 1.54) is 6.07 Å². The number of para-hydroxylation sites is 1. The van der Waals surface area contributed by atoms with E-state index in [1.807, 2.05) is 41.8 Å². The summed E-state index contributed by atoms with van der Waals surface area (Å²) < 4.78 is 21.2. The van der Waals surface area contributed by atoms with E-state index in [0.29, 0.717) is 29.3 Å². The van der Waals surface area contributed by atoms with Crippen LogP contribution in [-0.2, 0) is 13.1 Å². The predicted octanol–water partition coefficient (Wildman–Crippen LogP) is 4.40. The monoisotopic (exact) mass is 377 g/mol. The minimum Gasteiger partial charge on any atom is -0.361 e. The lowest BCUT2D eigenvalue weighted by molar-refractivity contribution is 0.0772. The molecule has 0 aliphatic heterocycles. The highest BCUT2D eigenvalue weighted by atomic mass is 19.1. The van der Waals surface area contributed by atoms with Crippen molar-refractivity contribution in [1.29, 1.82) is 0 Å². The number of hydrogen-bond donors (Lipinski definition) is 0. The highest BCUT2D eigenvalue weighted by Gasteiger charge is 2.20. The molecule has 28 heavy (non-hydrogen) atoms. The summed E-state index contributed by atoms with van der Waals surface area (Å²) >= 11 is 0. The van der Waals surface area contributed by atoms with Gasteiger partial charge in [-0.2, -0.15) is 0 Å². The van der Waals surface area contributed by atoms with E-state index in [2.05, 4.69) is 5.16 Å². The zero-order valence-corrected chi connectivity index (χ0v) is 15.7. The lowest BCUT2D eigenvalue weighted by Crippen LogP contribution is -2.28. The molecule has 2 aromatic carbocycles. The zero-order chi connectivity index (χ0) is 19.7. The molecule has 1 amide bonds. The van der Waals surface area contributed by atoms with Crippen LogP contribution < -0.4 is 0 Å². The highest BCUT2D eigenvalue weighted by molar-refractivity contribution is 5.98. The smallest absolute Gasteiger partial charge is 0.270 e. The fraction of sp³-hybridized carbons (Fsp3) is 0.182. The molecule has 0 spiro atoms.